The van der Waals surface area contributed by atoms with E-state index in [0.29, 0.717) is 15.7 Å². The summed E-state index contributed by atoms with van der Waals surface area (Å²) < 4.78 is 0. The summed E-state index contributed by atoms with van der Waals surface area (Å²) in [4.78, 5) is 11.7. The average molecular weight is 291 g/mol. The molecule has 1 heterocycles. The number of H-pyrrole nitrogens is 1. The average Bonchev–Trinajstić information content (AvgIpc) is 2.69. The SMILES string of the molecule is O=C(Nc1ccc(Cl)cc1Cl)c1cc(Cl)[nH]n1. The van der Waals surface area contributed by atoms with Crippen molar-refractivity contribution in [2.45, 2.75) is 0 Å². The summed E-state index contributed by atoms with van der Waals surface area (Å²) in [7, 11) is 0. The highest BCUT2D eigenvalue weighted by Crippen LogP contribution is 2.25. The molecular weight excluding hydrogens is 284 g/mol. The van der Waals surface area contributed by atoms with E-state index in [2.05, 4.69) is 15.5 Å². The van der Waals surface area contributed by atoms with Gasteiger partial charge in [0.2, 0.25) is 0 Å². The van der Waals surface area contributed by atoms with E-state index in [1.807, 2.05) is 0 Å². The number of hydrogen-bond acceptors (Lipinski definition) is 2. The highest BCUT2D eigenvalue weighted by atomic mass is 35.5. The lowest BCUT2D eigenvalue weighted by molar-refractivity contribution is 0.102. The smallest absolute Gasteiger partial charge is 0.276 e. The molecule has 17 heavy (non-hydrogen) atoms. The van der Waals surface area contributed by atoms with Gasteiger partial charge in [0, 0.05) is 11.1 Å². The molecule has 0 aliphatic carbocycles. The standard InChI is InChI=1S/C10H6Cl3N3O/c11-5-1-2-7(6(12)3-5)14-10(17)8-4-9(13)16-15-8/h1-4H,(H,14,17)(H,15,16). The zero-order chi connectivity index (χ0) is 12.4. The van der Waals surface area contributed by atoms with Crippen molar-refractivity contribution in [2.75, 3.05) is 5.32 Å². The minimum atomic E-state index is -0.405. The van der Waals surface area contributed by atoms with Crippen LogP contribution in [0.25, 0.3) is 0 Å². The van der Waals surface area contributed by atoms with Crippen molar-refractivity contribution in [3.8, 4) is 0 Å². The van der Waals surface area contributed by atoms with Crippen molar-refractivity contribution in [1.29, 1.82) is 0 Å². The molecular formula is C10H6Cl3N3O. The minimum Gasteiger partial charge on any atom is -0.319 e. The first-order chi connectivity index (χ1) is 8.06. The second kappa shape index (κ2) is 4.96. The number of halogens is 3. The van der Waals surface area contributed by atoms with Crippen molar-refractivity contribution in [3.63, 3.8) is 0 Å². The van der Waals surface area contributed by atoms with Crippen LogP contribution in [-0.4, -0.2) is 16.1 Å². The number of nitrogens with one attached hydrogen (secondary N) is 2. The van der Waals surface area contributed by atoms with E-state index in [0.717, 1.165) is 0 Å². The molecule has 1 aromatic heterocycles. The summed E-state index contributed by atoms with van der Waals surface area (Å²) in [5, 5.41) is 9.92. The maximum atomic E-state index is 11.7. The van der Waals surface area contributed by atoms with Crippen LogP contribution >= 0.6 is 34.8 Å². The quantitative estimate of drug-likeness (QED) is 0.887. The van der Waals surface area contributed by atoms with Gasteiger partial charge in [-0.3, -0.25) is 9.89 Å². The lowest BCUT2D eigenvalue weighted by atomic mass is 10.3. The number of anilines is 1. The number of aromatic nitrogens is 2. The normalized spacial score (nSPS) is 10.3. The molecule has 2 N–H and O–H groups in total. The lowest BCUT2D eigenvalue weighted by Crippen LogP contribution is -2.12. The summed E-state index contributed by atoms with van der Waals surface area (Å²) in [6.07, 6.45) is 0. The number of rotatable bonds is 2. The lowest BCUT2D eigenvalue weighted by Gasteiger charge is -2.05. The molecule has 0 fully saturated rings. The Bertz CT molecular complexity index is 568. The van der Waals surface area contributed by atoms with E-state index in [9.17, 15) is 4.79 Å². The number of carbonyl (C=O) groups is 1. The van der Waals surface area contributed by atoms with Crippen LogP contribution < -0.4 is 5.32 Å². The first kappa shape index (κ1) is 12.2. The summed E-state index contributed by atoms with van der Waals surface area (Å²) >= 11 is 17.3. The molecule has 4 nitrogen and oxygen atoms in total. The first-order valence-electron chi connectivity index (χ1n) is 4.53. The fourth-order valence-corrected chi connectivity index (χ4v) is 1.79. The first-order valence-corrected chi connectivity index (χ1v) is 5.67. The molecule has 1 amide bonds. The molecule has 0 bridgehead atoms. The number of amides is 1. The van der Waals surface area contributed by atoms with Crippen LogP contribution in [0.1, 0.15) is 10.5 Å². The molecule has 0 radical (unpaired) electrons. The topological polar surface area (TPSA) is 57.8 Å². The third-order valence-electron chi connectivity index (χ3n) is 1.96. The van der Waals surface area contributed by atoms with Crippen molar-refractivity contribution in [1.82, 2.24) is 10.2 Å². The highest BCUT2D eigenvalue weighted by Gasteiger charge is 2.11. The Morgan fingerprint density at radius 3 is 2.59 bits per heavy atom. The molecule has 2 aromatic rings. The summed E-state index contributed by atoms with van der Waals surface area (Å²) in [5.74, 6) is -0.405. The number of carbonyl (C=O) groups excluding carboxylic acids is 1. The molecule has 2 rings (SSSR count). The number of hydrogen-bond donors (Lipinski definition) is 2. The van der Waals surface area contributed by atoms with Crippen LogP contribution in [0, 0.1) is 0 Å². The maximum absolute atomic E-state index is 11.7. The number of aromatic amines is 1. The highest BCUT2D eigenvalue weighted by molar-refractivity contribution is 6.36. The van der Waals surface area contributed by atoms with Gasteiger partial charge in [-0.05, 0) is 18.2 Å². The third-order valence-corrected chi connectivity index (χ3v) is 2.70. The van der Waals surface area contributed by atoms with Crippen molar-refractivity contribution in [2.24, 2.45) is 0 Å². The Morgan fingerprint density at radius 1 is 1.24 bits per heavy atom. The van der Waals surface area contributed by atoms with Gasteiger partial charge in [0.05, 0.1) is 10.7 Å². The van der Waals surface area contributed by atoms with Gasteiger partial charge in [-0.1, -0.05) is 34.8 Å². The summed E-state index contributed by atoms with van der Waals surface area (Å²) in [6.45, 7) is 0. The van der Waals surface area contributed by atoms with E-state index in [-0.39, 0.29) is 10.8 Å². The van der Waals surface area contributed by atoms with Crippen LogP contribution in [0.4, 0.5) is 5.69 Å². The Kier molecular flexibility index (Phi) is 3.57. The summed E-state index contributed by atoms with van der Waals surface area (Å²) in [5.41, 5.74) is 0.640. The molecule has 7 heteroatoms. The molecule has 1 aromatic carbocycles. The summed E-state index contributed by atoms with van der Waals surface area (Å²) in [6, 6.07) is 6.19. The van der Waals surface area contributed by atoms with Crippen molar-refractivity contribution in [3.05, 3.63) is 45.2 Å². The molecule has 88 valence electrons. The Hall–Kier alpha value is -1.23. The fraction of sp³-hybridized carbons (Fsp3) is 0. The van der Waals surface area contributed by atoms with Gasteiger partial charge >= 0.3 is 0 Å². The van der Waals surface area contributed by atoms with Crippen molar-refractivity contribution >= 4 is 46.4 Å². The van der Waals surface area contributed by atoms with E-state index in [1.165, 1.54) is 12.1 Å². The zero-order valence-corrected chi connectivity index (χ0v) is 10.6. The van der Waals surface area contributed by atoms with Gasteiger partial charge in [-0.25, -0.2) is 0 Å². The molecule has 0 spiro atoms. The molecule has 0 saturated carbocycles. The second-order valence-corrected chi connectivity index (χ2v) is 4.43. The Morgan fingerprint density at radius 2 is 2.00 bits per heavy atom. The van der Waals surface area contributed by atoms with E-state index < -0.39 is 5.91 Å². The van der Waals surface area contributed by atoms with Gasteiger partial charge < -0.3 is 5.32 Å². The third kappa shape index (κ3) is 2.91. The van der Waals surface area contributed by atoms with Gasteiger partial charge in [0.1, 0.15) is 5.15 Å². The van der Waals surface area contributed by atoms with Crippen LogP contribution in [-0.2, 0) is 0 Å². The molecule has 0 saturated heterocycles. The predicted molar refractivity (Wildman–Crippen MR) is 68.0 cm³/mol. The predicted octanol–water partition coefficient (Wildman–Crippen LogP) is 3.62. The molecule has 0 aliphatic heterocycles. The van der Waals surface area contributed by atoms with Crippen LogP contribution in [0.5, 0.6) is 0 Å². The molecule has 0 aliphatic rings. The molecule has 0 atom stereocenters. The van der Waals surface area contributed by atoms with Gasteiger partial charge in [0.25, 0.3) is 5.91 Å². The van der Waals surface area contributed by atoms with Gasteiger partial charge in [-0.15, -0.1) is 0 Å². The number of nitrogens with zero attached hydrogens (tertiary/aromatic N) is 1. The fourth-order valence-electron chi connectivity index (χ4n) is 1.19. The largest absolute Gasteiger partial charge is 0.319 e. The van der Waals surface area contributed by atoms with Crippen molar-refractivity contribution < 1.29 is 4.79 Å². The van der Waals surface area contributed by atoms with E-state index in [4.69, 9.17) is 34.8 Å². The minimum absolute atomic E-state index is 0.181. The van der Waals surface area contributed by atoms with E-state index >= 15 is 0 Å². The van der Waals surface area contributed by atoms with Crippen LogP contribution in [0.2, 0.25) is 15.2 Å². The molecule has 0 unspecified atom stereocenters. The van der Waals surface area contributed by atoms with Crippen LogP contribution in [0.15, 0.2) is 24.3 Å². The second-order valence-electron chi connectivity index (χ2n) is 3.18. The van der Waals surface area contributed by atoms with Gasteiger partial charge in [-0.2, -0.15) is 5.10 Å². The number of benzene rings is 1. The van der Waals surface area contributed by atoms with Gasteiger partial charge in [0.15, 0.2) is 5.69 Å². The van der Waals surface area contributed by atoms with E-state index in [1.54, 1.807) is 12.1 Å². The monoisotopic (exact) mass is 289 g/mol. The van der Waals surface area contributed by atoms with Crippen LogP contribution in [0.3, 0.4) is 0 Å². The Labute approximate surface area is 112 Å². The maximum Gasteiger partial charge on any atom is 0.276 e. The Balaban J connectivity index is 2.18. The zero-order valence-electron chi connectivity index (χ0n) is 8.30.